The maximum atomic E-state index is 5.13. The molecule has 0 saturated carbocycles. The van der Waals surface area contributed by atoms with E-state index in [0.29, 0.717) is 0 Å². The average molecular weight is 206 g/mol. The van der Waals surface area contributed by atoms with Gasteiger partial charge in [0.2, 0.25) is 0 Å². The van der Waals surface area contributed by atoms with Crippen molar-refractivity contribution in [1.29, 1.82) is 0 Å². The molecule has 0 bridgehead atoms. The Labute approximate surface area is 93.5 Å². The van der Waals surface area contributed by atoms with Gasteiger partial charge in [-0.15, -0.1) is 0 Å². The Morgan fingerprint density at radius 3 is 2.60 bits per heavy atom. The van der Waals surface area contributed by atoms with E-state index in [0.717, 1.165) is 6.61 Å². The van der Waals surface area contributed by atoms with Gasteiger partial charge >= 0.3 is 0 Å². The third kappa shape index (κ3) is 4.98. The van der Waals surface area contributed by atoms with Crippen molar-refractivity contribution in [3.8, 4) is 0 Å². The van der Waals surface area contributed by atoms with E-state index in [1.54, 1.807) is 7.11 Å². The van der Waals surface area contributed by atoms with Crippen molar-refractivity contribution in [2.24, 2.45) is 0 Å². The monoisotopic (exact) mass is 206 g/mol. The van der Waals surface area contributed by atoms with Crippen LogP contribution in [0, 0.1) is 0 Å². The standard InChI is InChI=1S/C14H22O/c1-3-4-5-6-8-13-9-7-10-14(11-13)12-15-2/h7,9-11H,3-6,8,12H2,1-2H3. The Kier molecular flexibility index (Phi) is 6.10. The van der Waals surface area contributed by atoms with E-state index in [-0.39, 0.29) is 0 Å². The molecular weight excluding hydrogens is 184 g/mol. The van der Waals surface area contributed by atoms with Crippen LogP contribution in [0.1, 0.15) is 43.7 Å². The van der Waals surface area contributed by atoms with Crippen LogP contribution >= 0.6 is 0 Å². The molecule has 1 aromatic rings. The predicted octanol–water partition coefficient (Wildman–Crippen LogP) is 3.96. The first kappa shape index (κ1) is 12.3. The highest BCUT2D eigenvalue weighted by Crippen LogP contribution is 2.10. The molecule has 0 fully saturated rings. The zero-order chi connectivity index (χ0) is 10.9. The number of benzene rings is 1. The molecular formula is C14H22O. The largest absolute Gasteiger partial charge is 0.380 e. The highest BCUT2D eigenvalue weighted by molar-refractivity contribution is 5.23. The summed E-state index contributed by atoms with van der Waals surface area (Å²) in [4.78, 5) is 0. The Morgan fingerprint density at radius 2 is 1.87 bits per heavy atom. The summed E-state index contributed by atoms with van der Waals surface area (Å²) in [6.45, 7) is 2.97. The Morgan fingerprint density at radius 1 is 1.07 bits per heavy atom. The van der Waals surface area contributed by atoms with Gasteiger partial charge in [0.15, 0.2) is 0 Å². The summed E-state index contributed by atoms with van der Waals surface area (Å²) in [5.74, 6) is 0. The van der Waals surface area contributed by atoms with Gasteiger partial charge in [0, 0.05) is 7.11 Å². The van der Waals surface area contributed by atoms with Crippen LogP contribution in [-0.2, 0) is 17.8 Å². The topological polar surface area (TPSA) is 9.23 Å². The van der Waals surface area contributed by atoms with Crippen LogP contribution in [0.5, 0.6) is 0 Å². The van der Waals surface area contributed by atoms with Crippen LogP contribution in [0.4, 0.5) is 0 Å². The molecule has 1 rings (SSSR count). The maximum absolute atomic E-state index is 5.13. The SMILES string of the molecule is CCCCCCc1cccc(COC)c1. The quantitative estimate of drug-likeness (QED) is 0.614. The minimum atomic E-state index is 0.725. The van der Waals surface area contributed by atoms with Crippen LogP contribution in [-0.4, -0.2) is 7.11 Å². The lowest BCUT2D eigenvalue weighted by molar-refractivity contribution is 0.185. The fraction of sp³-hybridized carbons (Fsp3) is 0.571. The molecule has 0 aliphatic heterocycles. The van der Waals surface area contributed by atoms with E-state index < -0.39 is 0 Å². The number of rotatable bonds is 7. The van der Waals surface area contributed by atoms with Crippen molar-refractivity contribution in [1.82, 2.24) is 0 Å². The summed E-state index contributed by atoms with van der Waals surface area (Å²) in [6, 6.07) is 8.73. The Balaban J connectivity index is 2.36. The fourth-order valence-electron chi connectivity index (χ4n) is 1.80. The van der Waals surface area contributed by atoms with Crippen molar-refractivity contribution >= 4 is 0 Å². The van der Waals surface area contributed by atoms with Crippen LogP contribution in [0.3, 0.4) is 0 Å². The van der Waals surface area contributed by atoms with Crippen molar-refractivity contribution in [3.05, 3.63) is 35.4 Å². The summed E-state index contributed by atoms with van der Waals surface area (Å²) in [5.41, 5.74) is 2.73. The van der Waals surface area contributed by atoms with E-state index in [1.807, 2.05) is 0 Å². The number of unbranched alkanes of at least 4 members (excludes halogenated alkanes) is 3. The summed E-state index contributed by atoms with van der Waals surface area (Å²) in [5, 5.41) is 0. The minimum absolute atomic E-state index is 0.725. The number of ether oxygens (including phenoxy) is 1. The molecule has 0 N–H and O–H groups in total. The highest BCUT2D eigenvalue weighted by atomic mass is 16.5. The molecule has 0 aliphatic rings. The fourth-order valence-corrected chi connectivity index (χ4v) is 1.80. The van der Waals surface area contributed by atoms with Gasteiger partial charge in [-0.25, -0.2) is 0 Å². The van der Waals surface area contributed by atoms with Crippen molar-refractivity contribution in [2.45, 2.75) is 45.6 Å². The minimum Gasteiger partial charge on any atom is -0.380 e. The molecule has 0 atom stereocenters. The predicted molar refractivity (Wildman–Crippen MR) is 65.0 cm³/mol. The number of methoxy groups -OCH3 is 1. The van der Waals surface area contributed by atoms with Gasteiger partial charge < -0.3 is 4.74 Å². The second-order valence-electron chi connectivity index (χ2n) is 4.06. The van der Waals surface area contributed by atoms with E-state index in [4.69, 9.17) is 4.74 Å². The van der Waals surface area contributed by atoms with Crippen LogP contribution < -0.4 is 0 Å². The molecule has 0 radical (unpaired) electrons. The maximum Gasteiger partial charge on any atom is 0.0713 e. The molecule has 0 amide bonds. The summed E-state index contributed by atoms with van der Waals surface area (Å²) >= 11 is 0. The van der Waals surface area contributed by atoms with Gasteiger partial charge in [0.05, 0.1) is 6.61 Å². The lowest BCUT2D eigenvalue weighted by atomic mass is 10.0. The summed E-state index contributed by atoms with van der Waals surface area (Å²) in [7, 11) is 1.74. The first-order valence-corrected chi connectivity index (χ1v) is 5.93. The van der Waals surface area contributed by atoms with Gasteiger partial charge in [-0.3, -0.25) is 0 Å². The molecule has 1 aromatic carbocycles. The zero-order valence-corrected chi connectivity index (χ0v) is 9.96. The Hall–Kier alpha value is -0.820. The molecule has 0 aliphatic carbocycles. The molecule has 84 valence electrons. The molecule has 1 nitrogen and oxygen atoms in total. The second kappa shape index (κ2) is 7.47. The van der Waals surface area contributed by atoms with E-state index in [2.05, 4.69) is 31.2 Å². The van der Waals surface area contributed by atoms with Crippen molar-refractivity contribution in [2.75, 3.05) is 7.11 Å². The second-order valence-corrected chi connectivity index (χ2v) is 4.06. The lowest BCUT2D eigenvalue weighted by Gasteiger charge is -2.04. The van der Waals surface area contributed by atoms with Gasteiger partial charge in [0.25, 0.3) is 0 Å². The molecule has 0 spiro atoms. The smallest absolute Gasteiger partial charge is 0.0713 e. The van der Waals surface area contributed by atoms with Crippen LogP contribution in [0.15, 0.2) is 24.3 Å². The summed E-state index contributed by atoms with van der Waals surface area (Å²) < 4.78 is 5.13. The third-order valence-corrected chi connectivity index (χ3v) is 2.62. The van der Waals surface area contributed by atoms with Crippen LogP contribution in [0.25, 0.3) is 0 Å². The van der Waals surface area contributed by atoms with Gasteiger partial charge in [-0.1, -0.05) is 50.5 Å². The first-order valence-electron chi connectivity index (χ1n) is 5.93. The number of aryl methyl sites for hydroxylation is 1. The first-order chi connectivity index (χ1) is 7.36. The van der Waals surface area contributed by atoms with Crippen molar-refractivity contribution < 1.29 is 4.74 Å². The lowest BCUT2D eigenvalue weighted by Crippen LogP contribution is -1.91. The molecule has 0 aromatic heterocycles. The molecule has 15 heavy (non-hydrogen) atoms. The number of hydrogen-bond donors (Lipinski definition) is 0. The van der Waals surface area contributed by atoms with Gasteiger partial charge in [0.1, 0.15) is 0 Å². The molecule has 0 saturated heterocycles. The van der Waals surface area contributed by atoms with E-state index in [1.165, 1.54) is 43.2 Å². The van der Waals surface area contributed by atoms with E-state index >= 15 is 0 Å². The molecule has 0 heterocycles. The van der Waals surface area contributed by atoms with Crippen molar-refractivity contribution in [3.63, 3.8) is 0 Å². The Bertz CT molecular complexity index is 268. The van der Waals surface area contributed by atoms with Gasteiger partial charge in [-0.2, -0.15) is 0 Å². The van der Waals surface area contributed by atoms with Crippen LogP contribution in [0.2, 0.25) is 0 Å². The normalized spacial score (nSPS) is 10.5. The zero-order valence-electron chi connectivity index (χ0n) is 9.96. The molecule has 1 heteroatoms. The third-order valence-electron chi connectivity index (χ3n) is 2.62. The average Bonchev–Trinajstić information content (AvgIpc) is 2.26. The number of hydrogen-bond acceptors (Lipinski definition) is 1. The van der Waals surface area contributed by atoms with E-state index in [9.17, 15) is 0 Å². The van der Waals surface area contributed by atoms with Gasteiger partial charge in [-0.05, 0) is 24.0 Å². The summed E-state index contributed by atoms with van der Waals surface area (Å²) in [6.07, 6.45) is 6.54. The molecule has 0 unspecified atom stereocenters. The highest BCUT2D eigenvalue weighted by Gasteiger charge is 1.96.